The minimum absolute atomic E-state index is 0.298. The third kappa shape index (κ3) is 5.46. The average molecular weight is 431 g/mol. The number of nitrogens with zero attached hydrogens (tertiary/aromatic N) is 4. The fourth-order valence-electron chi connectivity index (χ4n) is 3.62. The summed E-state index contributed by atoms with van der Waals surface area (Å²) in [6, 6.07) is 11.8. The molecule has 1 aliphatic carbocycles. The maximum atomic E-state index is 9.00. The van der Waals surface area contributed by atoms with Gasteiger partial charge in [0.2, 0.25) is 5.88 Å². The lowest BCUT2D eigenvalue weighted by atomic mass is 9.98. The molecule has 8 nitrogen and oxygen atoms in total. The lowest BCUT2D eigenvalue weighted by molar-refractivity contribution is -0.134. The van der Waals surface area contributed by atoms with E-state index in [4.69, 9.17) is 14.6 Å². The van der Waals surface area contributed by atoms with Crippen LogP contribution in [0.15, 0.2) is 55.0 Å². The van der Waals surface area contributed by atoms with E-state index in [-0.39, 0.29) is 0 Å². The van der Waals surface area contributed by atoms with Crippen LogP contribution in [0.1, 0.15) is 39.0 Å². The Balaban J connectivity index is 0.000000567. The molecule has 0 spiro atoms. The second-order valence-electron chi connectivity index (χ2n) is 7.68. The molecule has 3 aromatic heterocycles. The number of para-hydroxylation sites is 2. The van der Waals surface area contributed by atoms with Crippen LogP contribution >= 0.6 is 0 Å². The minimum Gasteiger partial charge on any atom is -0.481 e. The van der Waals surface area contributed by atoms with Crippen molar-refractivity contribution in [3.63, 3.8) is 0 Å². The van der Waals surface area contributed by atoms with Gasteiger partial charge in [-0.25, -0.2) is 19.9 Å². The first-order valence-electron chi connectivity index (χ1n) is 10.7. The lowest BCUT2D eigenvalue weighted by Crippen LogP contribution is -2.20. The van der Waals surface area contributed by atoms with Crippen molar-refractivity contribution >= 4 is 17.0 Å². The Morgan fingerprint density at radius 3 is 2.31 bits per heavy atom. The van der Waals surface area contributed by atoms with Gasteiger partial charge in [0.05, 0.1) is 16.6 Å². The van der Waals surface area contributed by atoms with E-state index in [1.165, 1.54) is 19.3 Å². The maximum Gasteiger partial charge on any atom is 0.300 e. The number of hydrogen-bond donors (Lipinski definition) is 2. The van der Waals surface area contributed by atoms with Crippen molar-refractivity contribution in [1.29, 1.82) is 0 Å². The number of ether oxygens (including phenoxy) is 1. The highest BCUT2D eigenvalue weighted by atomic mass is 16.5. The van der Waals surface area contributed by atoms with Gasteiger partial charge in [0.25, 0.3) is 5.97 Å². The summed E-state index contributed by atoms with van der Waals surface area (Å²) in [6.45, 7) is 1.08. The molecular weight excluding hydrogens is 406 g/mol. The second kappa shape index (κ2) is 10.00. The number of fused-ring (bicyclic) bond motifs is 1. The standard InChI is InChI=1S/C22H21N5O.C2H4O2/c1-2-6-17(7-3-1)28-20-11-10-15(12-23-20)21-24-13-16(14-25-21)22-26-18-8-4-5-9-19(18)27-22;1-2(3)4/h4-5,8-14,17H,1-3,6-7H2,(H,26,27);1H3,(H,3,4). The molecular formula is C24H25N5O3. The van der Waals surface area contributed by atoms with Crippen LogP contribution in [-0.4, -0.2) is 42.1 Å². The SMILES string of the molecule is CC(=O)O.c1ccc2[nH]c(-c3cnc(-c4ccc(OC5CCCCC5)nc4)nc3)nc2c1. The molecule has 0 saturated heterocycles. The molecule has 0 bridgehead atoms. The van der Waals surface area contributed by atoms with Gasteiger partial charge >= 0.3 is 0 Å². The number of H-pyrrole nitrogens is 1. The van der Waals surface area contributed by atoms with Crippen LogP contribution in [0.5, 0.6) is 5.88 Å². The molecule has 164 valence electrons. The van der Waals surface area contributed by atoms with Crippen molar-refractivity contribution in [3.8, 4) is 28.7 Å². The van der Waals surface area contributed by atoms with Crippen LogP contribution in [0.4, 0.5) is 0 Å². The van der Waals surface area contributed by atoms with Crippen LogP contribution in [0.3, 0.4) is 0 Å². The molecule has 4 aromatic rings. The molecule has 32 heavy (non-hydrogen) atoms. The van der Waals surface area contributed by atoms with Gasteiger partial charge in [-0.3, -0.25) is 4.79 Å². The molecule has 1 aliphatic rings. The fraction of sp³-hybridized carbons (Fsp3) is 0.292. The van der Waals surface area contributed by atoms with Gasteiger partial charge in [0.15, 0.2) is 5.82 Å². The summed E-state index contributed by atoms with van der Waals surface area (Å²) in [5.41, 5.74) is 3.65. The lowest BCUT2D eigenvalue weighted by Gasteiger charge is -2.22. The Morgan fingerprint density at radius 2 is 1.66 bits per heavy atom. The minimum atomic E-state index is -0.833. The highest BCUT2D eigenvalue weighted by Gasteiger charge is 2.15. The number of benzene rings is 1. The smallest absolute Gasteiger partial charge is 0.300 e. The zero-order chi connectivity index (χ0) is 22.3. The quantitative estimate of drug-likeness (QED) is 0.473. The molecule has 5 rings (SSSR count). The molecule has 0 unspecified atom stereocenters. The normalized spacial score (nSPS) is 13.9. The van der Waals surface area contributed by atoms with Crippen LogP contribution in [0.25, 0.3) is 33.8 Å². The molecule has 3 heterocycles. The molecule has 0 atom stereocenters. The van der Waals surface area contributed by atoms with E-state index in [1.54, 1.807) is 18.6 Å². The highest BCUT2D eigenvalue weighted by Crippen LogP contribution is 2.24. The monoisotopic (exact) mass is 431 g/mol. The Morgan fingerprint density at radius 1 is 0.969 bits per heavy atom. The second-order valence-corrected chi connectivity index (χ2v) is 7.68. The van der Waals surface area contributed by atoms with Crippen LogP contribution in [0, 0.1) is 0 Å². The number of imidazole rings is 1. The van der Waals surface area contributed by atoms with E-state index >= 15 is 0 Å². The summed E-state index contributed by atoms with van der Waals surface area (Å²) < 4.78 is 5.99. The fourth-order valence-corrected chi connectivity index (χ4v) is 3.62. The summed E-state index contributed by atoms with van der Waals surface area (Å²) >= 11 is 0. The molecule has 2 N–H and O–H groups in total. The first-order valence-corrected chi connectivity index (χ1v) is 10.7. The topological polar surface area (TPSA) is 114 Å². The van der Waals surface area contributed by atoms with Crippen LogP contribution in [0.2, 0.25) is 0 Å². The predicted octanol–water partition coefficient (Wildman–Crippen LogP) is 4.88. The zero-order valence-corrected chi connectivity index (χ0v) is 17.9. The summed E-state index contributed by atoms with van der Waals surface area (Å²) in [7, 11) is 0. The molecule has 1 fully saturated rings. The first kappa shape index (κ1) is 21.4. The van der Waals surface area contributed by atoms with Gasteiger partial charge < -0.3 is 14.8 Å². The Hall–Kier alpha value is -3.81. The van der Waals surface area contributed by atoms with Gasteiger partial charge in [-0.2, -0.15) is 0 Å². The summed E-state index contributed by atoms with van der Waals surface area (Å²) in [6.07, 6.45) is 11.7. The number of rotatable bonds is 4. The van der Waals surface area contributed by atoms with Crippen LogP contribution in [-0.2, 0) is 4.79 Å². The highest BCUT2D eigenvalue weighted by molar-refractivity contribution is 5.79. The van der Waals surface area contributed by atoms with E-state index in [0.29, 0.717) is 17.8 Å². The molecule has 0 radical (unpaired) electrons. The Kier molecular flexibility index (Phi) is 6.69. The molecule has 1 aromatic carbocycles. The number of pyridine rings is 1. The Bertz CT molecular complexity index is 1130. The van der Waals surface area contributed by atoms with E-state index in [1.807, 2.05) is 36.4 Å². The van der Waals surface area contributed by atoms with Crippen molar-refractivity contribution in [1.82, 2.24) is 24.9 Å². The van der Waals surface area contributed by atoms with Gasteiger partial charge in [-0.05, 0) is 43.9 Å². The summed E-state index contributed by atoms with van der Waals surface area (Å²) in [5.74, 6) is 1.24. The third-order valence-electron chi connectivity index (χ3n) is 5.15. The number of aromatic nitrogens is 5. The van der Waals surface area contributed by atoms with Gasteiger partial charge in [-0.15, -0.1) is 0 Å². The number of aromatic amines is 1. The van der Waals surface area contributed by atoms with E-state index in [0.717, 1.165) is 47.8 Å². The number of carbonyl (C=O) groups is 1. The van der Waals surface area contributed by atoms with Crippen molar-refractivity contribution < 1.29 is 14.6 Å². The zero-order valence-electron chi connectivity index (χ0n) is 17.9. The molecule has 8 heteroatoms. The number of aliphatic carboxylic acids is 1. The van der Waals surface area contributed by atoms with Gasteiger partial charge in [0, 0.05) is 37.1 Å². The largest absolute Gasteiger partial charge is 0.481 e. The number of carboxylic acid groups (broad SMARTS) is 1. The summed E-state index contributed by atoms with van der Waals surface area (Å²) in [5, 5.41) is 7.42. The predicted molar refractivity (Wildman–Crippen MR) is 121 cm³/mol. The number of hydrogen-bond acceptors (Lipinski definition) is 6. The van der Waals surface area contributed by atoms with E-state index in [9.17, 15) is 0 Å². The van der Waals surface area contributed by atoms with Crippen LogP contribution < -0.4 is 4.74 Å². The van der Waals surface area contributed by atoms with E-state index in [2.05, 4.69) is 24.9 Å². The van der Waals surface area contributed by atoms with Crippen molar-refractivity contribution in [2.45, 2.75) is 45.1 Å². The molecule has 0 aliphatic heterocycles. The Labute approximate surface area is 185 Å². The maximum absolute atomic E-state index is 9.00. The average Bonchev–Trinajstić information content (AvgIpc) is 3.25. The van der Waals surface area contributed by atoms with E-state index < -0.39 is 5.97 Å². The molecule has 1 saturated carbocycles. The van der Waals surface area contributed by atoms with Crippen molar-refractivity contribution in [3.05, 3.63) is 55.0 Å². The van der Waals surface area contributed by atoms with Gasteiger partial charge in [0.1, 0.15) is 11.9 Å². The van der Waals surface area contributed by atoms with Crippen molar-refractivity contribution in [2.24, 2.45) is 0 Å². The number of nitrogens with one attached hydrogen (secondary N) is 1. The first-order chi connectivity index (χ1) is 15.6. The molecule has 0 amide bonds. The summed E-state index contributed by atoms with van der Waals surface area (Å²) in [4.78, 5) is 30.3. The van der Waals surface area contributed by atoms with Gasteiger partial charge in [-0.1, -0.05) is 18.6 Å². The number of carboxylic acids is 1. The van der Waals surface area contributed by atoms with Crippen molar-refractivity contribution in [2.75, 3.05) is 0 Å². The third-order valence-corrected chi connectivity index (χ3v) is 5.15.